The fraction of sp³-hybridized carbons (Fsp3) is 0.200. The number of hydrogen-bond donors (Lipinski definition) is 2. The number of hydrogen-bond acceptors (Lipinski definition) is 5. The second kappa shape index (κ2) is 11.5. The Morgan fingerprint density at radius 1 is 1.00 bits per heavy atom. The third kappa shape index (κ3) is 6.18. The molecule has 0 saturated heterocycles. The van der Waals surface area contributed by atoms with Crippen LogP contribution in [0.1, 0.15) is 34.5 Å². The predicted octanol–water partition coefficient (Wildman–Crippen LogP) is 4.95. The SMILES string of the molecule is CCOC(=O)CN[C@H](c1ccccc1)c1cc(Br)ccc1NC(=O)c1ccc(OC)cc1. The minimum atomic E-state index is -0.343. The summed E-state index contributed by atoms with van der Waals surface area (Å²) in [4.78, 5) is 24.9. The van der Waals surface area contributed by atoms with Gasteiger partial charge in [-0.15, -0.1) is 0 Å². The Morgan fingerprint density at radius 2 is 1.72 bits per heavy atom. The van der Waals surface area contributed by atoms with Crippen molar-refractivity contribution in [2.75, 3.05) is 25.6 Å². The highest BCUT2D eigenvalue weighted by Crippen LogP contribution is 2.31. The molecule has 0 aliphatic heterocycles. The molecule has 0 bridgehead atoms. The van der Waals surface area contributed by atoms with Crippen LogP contribution in [0.15, 0.2) is 77.3 Å². The predicted molar refractivity (Wildman–Crippen MR) is 128 cm³/mol. The van der Waals surface area contributed by atoms with Crippen LogP contribution in [0.25, 0.3) is 0 Å². The number of rotatable bonds is 9. The quantitative estimate of drug-likeness (QED) is 0.409. The Labute approximate surface area is 196 Å². The minimum Gasteiger partial charge on any atom is -0.497 e. The number of anilines is 1. The Morgan fingerprint density at radius 3 is 2.38 bits per heavy atom. The van der Waals surface area contributed by atoms with E-state index in [2.05, 4.69) is 26.6 Å². The van der Waals surface area contributed by atoms with Crippen LogP contribution in [-0.2, 0) is 9.53 Å². The first-order valence-corrected chi connectivity index (χ1v) is 11.0. The van der Waals surface area contributed by atoms with Gasteiger partial charge in [0.2, 0.25) is 0 Å². The summed E-state index contributed by atoms with van der Waals surface area (Å²) in [5.74, 6) is 0.0962. The third-order valence-corrected chi connectivity index (χ3v) is 5.31. The van der Waals surface area contributed by atoms with Crippen LogP contribution in [0.5, 0.6) is 5.75 Å². The van der Waals surface area contributed by atoms with Gasteiger partial charge in [0.1, 0.15) is 5.75 Å². The van der Waals surface area contributed by atoms with Crippen LogP contribution in [0, 0.1) is 0 Å². The van der Waals surface area contributed by atoms with Crippen LogP contribution < -0.4 is 15.4 Å². The summed E-state index contributed by atoms with van der Waals surface area (Å²) >= 11 is 3.52. The zero-order valence-corrected chi connectivity index (χ0v) is 19.5. The fourth-order valence-electron chi connectivity index (χ4n) is 3.27. The molecule has 0 aliphatic carbocycles. The summed E-state index contributed by atoms with van der Waals surface area (Å²) in [6.45, 7) is 2.12. The van der Waals surface area contributed by atoms with Gasteiger partial charge in [-0.05, 0) is 60.5 Å². The molecular formula is C25H25BrN2O4. The molecule has 0 aromatic heterocycles. The van der Waals surface area contributed by atoms with Gasteiger partial charge in [0.25, 0.3) is 5.91 Å². The summed E-state index contributed by atoms with van der Waals surface area (Å²) in [5, 5.41) is 6.27. The van der Waals surface area contributed by atoms with Gasteiger partial charge in [-0.1, -0.05) is 46.3 Å². The van der Waals surface area contributed by atoms with Gasteiger partial charge >= 0.3 is 5.97 Å². The molecule has 32 heavy (non-hydrogen) atoms. The zero-order valence-electron chi connectivity index (χ0n) is 17.9. The molecule has 1 amide bonds. The van der Waals surface area contributed by atoms with Crippen molar-refractivity contribution in [1.29, 1.82) is 0 Å². The van der Waals surface area contributed by atoms with E-state index in [1.165, 1.54) is 0 Å². The van der Waals surface area contributed by atoms with Crippen molar-refractivity contribution in [3.8, 4) is 5.75 Å². The molecule has 166 valence electrons. The molecule has 2 N–H and O–H groups in total. The highest BCUT2D eigenvalue weighted by atomic mass is 79.9. The van der Waals surface area contributed by atoms with Gasteiger partial charge in [0.15, 0.2) is 0 Å². The highest BCUT2D eigenvalue weighted by Gasteiger charge is 2.20. The van der Waals surface area contributed by atoms with E-state index in [9.17, 15) is 9.59 Å². The number of halogens is 1. The summed E-state index contributed by atoms with van der Waals surface area (Å²) < 4.78 is 11.1. The molecule has 0 radical (unpaired) electrons. The molecule has 3 rings (SSSR count). The van der Waals surface area contributed by atoms with Gasteiger partial charge < -0.3 is 14.8 Å². The van der Waals surface area contributed by atoms with E-state index >= 15 is 0 Å². The summed E-state index contributed by atoms with van der Waals surface area (Å²) in [6.07, 6.45) is 0. The van der Waals surface area contributed by atoms with Gasteiger partial charge in [-0.3, -0.25) is 14.9 Å². The number of esters is 1. The molecule has 0 unspecified atom stereocenters. The topological polar surface area (TPSA) is 76.7 Å². The number of benzene rings is 3. The average Bonchev–Trinajstić information content (AvgIpc) is 2.81. The van der Waals surface area contributed by atoms with Gasteiger partial charge in [0.05, 0.1) is 26.3 Å². The van der Waals surface area contributed by atoms with Crippen molar-refractivity contribution in [3.63, 3.8) is 0 Å². The van der Waals surface area contributed by atoms with E-state index in [0.29, 0.717) is 23.6 Å². The Bertz CT molecular complexity index is 1060. The molecule has 0 spiro atoms. The number of nitrogens with one attached hydrogen (secondary N) is 2. The molecule has 1 atom stereocenters. The lowest BCUT2D eigenvalue weighted by Gasteiger charge is -2.23. The summed E-state index contributed by atoms with van der Waals surface area (Å²) in [6, 6.07) is 21.9. The van der Waals surface area contributed by atoms with Crippen LogP contribution in [-0.4, -0.2) is 32.1 Å². The van der Waals surface area contributed by atoms with Crippen molar-refractivity contribution < 1.29 is 19.1 Å². The van der Waals surface area contributed by atoms with E-state index in [1.54, 1.807) is 38.3 Å². The van der Waals surface area contributed by atoms with Crippen LogP contribution >= 0.6 is 15.9 Å². The molecule has 0 aliphatic rings. The van der Waals surface area contributed by atoms with E-state index in [1.807, 2.05) is 48.5 Å². The molecule has 0 saturated carbocycles. The molecular weight excluding hydrogens is 472 g/mol. The third-order valence-electron chi connectivity index (χ3n) is 4.81. The zero-order chi connectivity index (χ0) is 22.9. The lowest BCUT2D eigenvalue weighted by atomic mass is 9.96. The van der Waals surface area contributed by atoms with E-state index < -0.39 is 0 Å². The molecule has 0 heterocycles. The molecule has 3 aromatic carbocycles. The minimum absolute atomic E-state index is 0.0335. The first-order chi connectivity index (χ1) is 15.5. The van der Waals surface area contributed by atoms with Crippen molar-refractivity contribution in [3.05, 3.63) is 94.0 Å². The highest BCUT2D eigenvalue weighted by molar-refractivity contribution is 9.10. The number of carbonyl (C=O) groups is 2. The Kier molecular flexibility index (Phi) is 8.41. The van der Waals surface area contributed by atoms with E-state index in [4.69, 9.17) is 9.47 Å². The smallest absolute Gasteiger partial charge is 0.319 e. The Balaban J connectivity index is 1.92. The second-order valence-electron chi connectivity index (χ2n) is 6.94. The lowest BCUT2D eigenvalue weighted by Crippen LogP contribution is -2.30. The van der Waals surface area contributed by atoms with Crippen molar-refractivity contribution >= 4 is 33.5 Å². The maximum atomic E-state index is 12.9. The maximum Gasteiger partial charge on any atom is 0.319 e. The number of amides is 1. The van der Waals surface area contributed by atoms with Crippen LogP contribution in [0.2, 0.25) is 0 Å². The normalized spacial score (nSPS) is 11.5. The Hall–Kier alpha value is -3.16. The average molecular weight is 497 g/mol. The number of ether oxygens (including phenoxy) is 2. The molecule has 3 aromatic rings. The van der Waals surface area contributed by atoms with Crippen molar-refractivity contribution in [2.24, 2.45) is 0 Å². The van der Waals surface area contributed by atoms with Crippen molar-refractivity contribution in [1.82, 2.24) is 5.32 Å². The van der Waals surface area contributed by atoms with E-state index in [0.717, 1.165) is 15.6 Å². The monoisotopic (exact) mass is 496 g/mol. The van der Waals surface area contributed by atoms with Gasteiger partial charge in [-0.2, -0.15) is 0 Å². The van der Waals surface area contributed by atoms with Crippen LogP contribution in [0.3, 0.4) is 0 Å². The summed E-state index contributed by atoms with van der Waals surface area (Å²) in [5.41, 5.74) is 2.92. The molecule has 6 nitrogen and oxygen atoms in total. The first kappa shape index (κ1) is 23.5. The second-order valence-corrected chi connectivity index (χ2v) is 7.86. The lowest BCUT2D eigenvalue weighted by molar-refractivity contribution is -0.142. The van der Waals surface area contributed by atoms with Crippen LogP contribution in [0.4, 0.5) is 5.69 Å². The van der Waals surface area contributed by atoms with Gasteiger partial charge in [-0.25, -0.2) is 0 Å². The largest absolute Gasteiger partial charge is 0.497 e. The molecule has 0 fully saturated rings. The molecule has 7 heteroatoms. The fourth-order valence-corrected chi connectivity index (χ4v) is 3.65. The summed E-state index contributed by atoms with van der Waals surface area (Å²) in [7, 11) is 1.58. The first-order valence-electron chi connectivity index (χ1n) is 10.2. The number of carbonyl (C=O) groups excluding carboxylic acids is 2. The standard InChI is InChI=1S/C25H25BrN2O4/c1-3-32-23(29)16-27-24(17-7-5-4-6-8-17)21-15-19(26)11-14-22(21)28-25(30)18-9-12-20(31-2)13-10-18/h4-15,24,27H,3,16H2,1-2H3,(H,28,30)/t24-/m1/s1. The maximum absolute atomic E-state index is 12.9. The van der Waals surface area contributed by atoms with Crippen molar-refractivity contribution in [2.45, 2.75) is 13.0 Å². The van der Waals surface area contributed by atoms with Gasteiger partial charge in [0, 0.05) is 15.7 Å². The number of methoxy groups -OCH3 is 1. The van der Waals surface area contributed by atoms with E-state index in [-0.39, 0.29) is 24.5 Å².